The molecule has 0 fully saturated rings. The zero-order valence-corrected chi connectivity index (χ0v) is 10.3. The highest BCUT2D eigenvalue weighted by Crippen LogP contribution is 2.30. The number of alkyl halides is 3. The van der Waals surface area contributed by atoms with Gasteiger partial charge >= 0.3 is 6.18 Å². The van der Waals surface area contributed by atoms with Crippen LogP contribution in [0.1, 0.15) is 5.82 Å². The van der Waals surface area contributed by atoms with Crippen LogP contribution in [0.15, 0.2) is 23.3 Å². The molecule has 1 aromatic heterocycles. The zero-order chi connectivity index (χ0) is 15.6. The predicted molar refractivity (Wildman–Crippen MR) is 69.7 cm³/mol. The number of anilines is 1. The summed E-state index contributed by atoms with van der Waals surface area (Å²) >= 11 is 0. The van der Waals surface area contributed by atoms with Crippen LogP contribution in [-0.4, -0.2) is 21.5 Å². The van der Waals surface area contributed by atoms with E-state index in [0.717, 1.165) is 0 Å². The average molecular weight is 295 g/mol. The molecule has 0 unspecified atom stereocenters. The van der Waals surface area contributed by atoms with Crippen molar-refractivity contribution in [3.63, 3.8) is 0 Å². The molecule has 7 nitrogen and oxygen atoms in total. The van der Waals surface area contributed by atoms with Crippen LogP contribution in [0.2, 0.25) is 0 Å². The maximum Gasteiger partial charge on any atom is 0.449 e. The maximum atomic E-state index is 12.6. The number of aromatic amines is 1. The van der Waals surface area contributed by atoms with Crippen LogP contribution in [0.25, 0.3) is 11.0 Å². The van der Waals surface area contributed by atoms with Gasteiger partial charge in [0.25, 0.3) is 0 Å². The zero-order valence-electron chi connectivity index (χ0n) is 10.3. The van der Waals surface area contributed by atoms with Gasteiger partial charge in [0.2, 0.25) is 11.5 Å². The van der Waals surface area contributed by atoms with Gasteiger partial charge in [0.05, 0.1) is 11.2 Å². The van der Waals surface area contributed by atoms with E-state index in [4.69, 9.17) is 16.4 Å². The number of benzene rings is 1. The number of para-hydroxylation sites is 1. The second-order valence-corrected chi connectivity index (χ2v) is 3.88. The summed E-state index contributed by atoms with van der Waals surface area (Å²) in [6.45, 7) is 0. The fourth-order valence-electron chi connectivity index (χ4n) is 1.52. The van der Waals surface area contributed by atoms with Gasteiger partial charge in [-0.15, -0.1) is 0 Å². The van der Waals surface area contributed by atoms with Gasteiger partial charge in [-0.25, -0.2) is 4.98 Å². The maximum absolute atomic E-state index is 12.6. The van der Waals surface area contributed by atoms with E-state index in [1.54, 1.807) is 6.07 Å². The van der Waals surface area contributed by atoms with Crippen molar-refractivity contribution in [2.45, 2.75) is 6.18 Å². The Bertz CT molecular complexity index is 766. The van der Waals surface area contributed by atoms with Crippen LogP contribution in [0.3, 0.4) is 0 Å². The monoisotopic (exact) mass is 295 g/mol. The Morgan fingerprint density at radius 3 is 2.76 bits per heavy atom. The number of H-pyrrole nitrogens is 1. The van der Waals surface area contributed by atoms with Crippen LogP contribution in [0.5, 0.6) is 0 Å². The Kier molecular flexibility index (Phi) is 3.49. The number of hydrazone groups is 1. The van der Waals surface area contributed by atoms with E-state index in [-0.39, 0.29) is 16.7 Å². The number of hydrogen-bond acceptors (Lipinski definition) is 5. The second-order valence-electron chi connectivity index (χ2n) is 3.88. The van der Waals surface area contributed by atoms with Crippen molar-refractivity contribution in [3.05, 3.63) is 24.0 Å². The number of halogens is 3. The third kappa shape index (κ3) is 2.92. The van der Waals surface area contributed by atoms with Gasteiger partial charge in [-0.1, -0.05) is 6.07 Å². The van der Waals surface area contributed by atoms with Crippen LogP contribution in [-0.2, 0) is 6.18 Å². The fourth-order valence-corrected chi connectivity index (χ4v) is 1.52. The number of aromatic nitrogens is 2. The van der Waals surface area contributed by atoms with Gasteiger partial charge in [0.15, 0.2) is 5.84 Å². The van der Waals surface area contributed by atoms with Crippen molar-refractivity contribution in [1.82, 2.24) is 9.97 Å². The fraction of sp³-hybridized carbons (Fsp3) is 0.0909. The molecule has 2 aromatic rings. The minimum absolute atomic E-state index is 0.00872. The van der Waals surface area contributed by atoms with E-state index >= 15 is 0 Å². The molecule has 0 aliphatic carbocycles. The molecule has 0 aliphatic rings. The molecule has 21 heavy (non-hydrogen) atoms. The van der Waals surface area contributed by atoms with E-state index in [1.165, 1.54) is 18.2 Å². The molecule has 0 atom stereocenters. The minimum atomic E-state index is -4.60. The highest BCUT2D eigenvalue weighted by molar-refractivity contribution is 6.45. The molecule has 0 bridgehead atoms. The largest absolute Gasteiger partial charge is 0.449 e. The Balaban J connectivity index is 2.44. The highest BCUT2D eigenvalue weighted by Gasteiger charge is 2.35. The molecule has 5 N–H and O–H groups in total. The first kappa shape index (κ1) is 14.3. The smallest absolute Gasteiger partial charge is 0.382 e. The number of fused-ring (bicyclic) bond motifs is 1. The predicted octanol–water partition coefficient (Wildman–Crippen LogP) is 1.81. The first-order valence-electron chi connectivity index (χ1n) is 5.47. The molecule has 108 valence electrons. The van der Waals surface area contributed by atoms with Gasteiger partial charge in [-0.05, 0) is 12.1 Å². The average Bonchev–Trinajstić information content (AvgIpc) is 2.83. The molecule has 0 amide bonds. The lowest BCUT2D eigenvalue weighted by Gasteiger charge is -2.01. The van der Waals surface area contributed by atoms with E-state index in [0.29, 0.717) is 0 Å². The molecular formula is C11H8F3N7. The van der Waals surface area contributed by atoms with E-state index < -0.39 is 23.5 Å². The van der Waals surface area contributed by atoms with Crippen LogP contribution in [0, 0.1) is 16.7 Å². The van der Waals surface area contributed by atoms with Crippen molar-refractivity contribution in [3.8, 4) is 6.07 Å². The van der Waals surface area contributed by atoms with E-state index in [2.05, 4.69) is 20.5 Å². The first-order chi connectivity index (χ1) is 9.82. The second kappa shape index (κ2) is 5.12. The number of nitrogens with one attached hydrogen (secondary N) is 3. The summed E-state index contributed by atoms with van der Waals surface area (Å²) in [4.78, 5) is 5.60. The number of nitrogens with two attached hydrogens (primary N) is 1. The Labute approximate surface area is 115 Å². The molecule has 1 heterocycles. The van der Waals surface area contributed by atoms with Gasteiger partial charge < -0.3 is 10.7 Å². The van der Waals surface area contributed by atoms with Crippen LogP contribution >= 0.6 is 0 Å². The van der Waals surface area contributed by atoms with Gasteiger partial charge in [-0.3, -0.25) is 10.8 Å². The number of nitriles is 1. The quantitative estimate of drug-likeness (QED) is 0.391. The van der Waals surface area contributed by atoms with Gasteiger partial charge in [0.1, 0.15) is 11.6 Å². The molecule has 0 saturated carbocycles. The molecule has 0 aliphatic heterocycles. The van der Waals surface area contributed by atoms with Crippen molar-refractivity contribution in [2.75, 3.05) is 5.43 Å². The van der Waals surface area contributed by atoms with Crippen molar-refractivity contribution < 1.29 is 13.2 Å². The van der Waals surface area contributed by atoms with Gasteiger partial charge in [0, 0.05) is 0 Å². The lowest BCUT2D eigenvalue weighted by molar-refractivity contribution is -0.144. The van der Waals surface area contributed by atoms with Gasteiger partial charge in [-0.2, -0.15) is 23.5 Å². The number of rotatable bonds is 3. The topological polar surface area (TPSA) is 127 Å². The number of hydrogen-bond donors (Lipinski definition) is 4. The van der Waals surface area contributed by atoms with Crippen LogP contribution in [0.4, 0.5) is 18.9 Å². The summed E-state index contributed by atoms with van der Waals surface area (Å²) in [5.74, 6) is -1.70. The summed E-state index contributed by atoms with van der Waals surface area (Å²) < 4.78 is 37.8. The molecule has 2 rings (SSSR count). The summed E-state index contributed by atoms with van der Waals surface area (Å²) in [7, 11) is 0. The normalized spacial score (nSPS) is 12.2. The minimum Gasteiger partial charge on any atom is -0.382 e. The first-order valence-corrected chi connectivity index (χ1v) is 5.47. The lowest BCUT2D eigenvalue weighted by Crippen LogP contribution is -2.21. The third-order valence-corrected chi connectivity index (χ3v) is 2.43. The van der Waals surface area contributed by atoms with Crippen molar-refractivity contribution in [1.29, 1.82) is 10.7 Å². The van der Waals surface area contributed by atoms with E-state index in [9.17, 15) is 13.2 Å². The van der Waals surface area contributed by atoms with Crippen molar-refractivity contribution >= 4 is 28.3 Å². The highest BCUT2D eigenvalue weighted by atomic mass is 19.4. The molecule has 1 aromatic carbocycles. The third-order valence-electron chi connectivity index (χ3n) is 2.43. The Hall–Kier alpha value is -3.09. The Morgan fingerprint density at radius 1 is 1.48 bits per heavy atom. The molecule has 10 heteroatoms. The molecular weight excluding hydrogens is 287 g/mol. The molecule has 0 saturated heterocycles. The standard InChI is InChI=1S/C11H8F3N7/c12-11(13,14)10-18-5-2-1-3-6(8(5)19-10)20-21-7(4-15)9(16)17/h1-3,20H,(H3,16,17)(H,18,19)/b21-7+. The lowest BCUT2D eigenvalue weighted by atomic mass is 10.3. The number of amidine groups is 1. The van der Waals surface area contributed by atoms with Crippen LogP contribution < -0.4 is 11.2 Å². The summed E-state index contributed by atoms with van der Waals surface area (Å²) in [5.41, 5.74) is 7.41. The SMILES string of the molecule is N#C/C(=N\Nc1cccc2[nH]c(C(F)(F)F)nc12)C(=N)N. The molecule has 0 spiro atoms. The molecule has 0 radical (unpaired) electrons. The summed E-state index contributed by atoms with van der Waals surface area (Å²) in [6.07, 6.45) is -4.60. The number of imidazole rings is 1. The number of nitrogens with zero attached hydrogens (tertiary/aromatic N) is 3. The summed E-state index contributed by atoms with van der Waals surface area (Å²) in [5, 5.41) is 19.3. The summed E-state index contributed by atoms with van der Waals surface area (Å²) in [6, 6.07) is 5.92. The van der Waals surface area contributed by atoms with E-state index in [1.807, 2.05) is 0 Å². The Morgan fingerprint density at radius 2 is 2.19 bits per heavy atom. The van der Waals surface area contributed by atoms with Crippen molar-refractivity contribution in [2.24, 2.45) is 10.8 Å².